The number of carbonyl (C=O) groups excluding carboxylic acids is 3. The molecule has 2 saturated heterocycles. The molecular weight excluding hydrogens is 799 g/mol. The van der Waals surface area contributed by atoms with Crippen molar-refractivity contribution in [2.24, 2.45) is 0 Å². The standard InChI is InChI=1S/C45H56ClN8O5P/c1-59-39-27-32(18-19-36(39)50-45-48-28-35(46)42(52-45)49-37-16-9-10-17-40(37)60(2,3)58)53-25-22-31(23-26-53)47-24-11-7-5-4-6-8-13-30-14-12-15-33-34(30)29-54(44(33)57)38-20-21-41(55)51-43(38)56/h9-10,12,14-19,27-28,31,38,47H,4-8,11,13,20-26,29H2,1-3H3,(H,51,55,56)(H2,48,49,50,52). The number of nitrogens with one attached hydrogen (secondary N) is 4. The molecule has 4 N–H and O–H groups in total. The van der Waals surface area contributed by atoms with Crippen LogP contribution in [0.4, 0.5) is 28.8 Å². The van der Waals surface area contributed by atoms with Crippen molar-refractivity contribution in [2.45, 2.75) is 89.3 Å². The summed E-state index contributed by atoms with van der Waals surface area (Å²) >= 11 is 6.47. The van der Waals surface area contributed by atoms with Crippen molar-refractivity contribution < 1.29 is 23.7 Å². The number of ether oxygens (including phenoxy) is 1. The van der Waals surface area contributed by atoms with Crippen LogP contribution in [0.5, 0.6) is 5.75 Å². The van der Waals surface area contributed by atoms with E-state index in [9.17, 15) is 18.9 Å². The van der Waals surface area contributed by atoms with Gasteiger partial charge >= 0.3 is 0 Å². The molecule has 3 aliphatic rings. The van der Waals surface area contributed by atoms with E-state index in [1.54, 1.807) is 25.3 Å². The molecule has 60 heavy (non-hydrogen) atoms. The molecule has 0 saturated carbocycles. The average Bonchev–Trinajstić information content (AvgIpc) is 3.57. The number of methoxy groups -OCH3 is 1. The Morgan fingerprint density at radius 3 is 2.43 bits per heavy atom. The van der Waals surface area contributed by atoms with Crippen LogP contribution < -0.4 is 36.2 Å². The van der Waals surface area contributed by atoms with Gasteiger partial charge in [0.2, 0.25) is 17.8 Å². The second-order valence-electron chi connectivity index (χ2n) is 16.3. The van der Waals surface area contributed by atoms with Gasteiger partial charge < -0.3 is 35.1 Å². The van der Waals surface area contributed by atoms with Gasteiger partial charge in [-0.25, -0.2) is 4.98 Å². The van der Waals surface area contributed by atoms with E-state index in [4.69, 9.17) is 16.3 Å². The number of fused-ring (bicyclic) bond motifs is 1. The summed E-state index contributed by atoms with van der Waals surface area (Å²) in [6, 6.07) is 19.4. The number of halogens is 1. The number of unbranched alkanes of at least 4 members (excludes halogenated alkanes) is 5. The van der Waals surface area contributed by atoms with Crippen molar-refractivity contribution in [1.82, 2.24) is 25.5 Å². The van der Waals surface area contributed by atoms with Gasteiger partial charge in [0, 0.05) is 54.7 Å². The number of aromatic nitrogens is 2. The molecule has 0 aliphatic carbocycles. The van der Waals surface area contributed by atoms with Crippen LogP contribution in [0.2, 0.25) is 5.02 Å². The second-order valence-corrected chi connectivity index (χ2v) is 19.9. The number of imide groups is 1. The first kappa shape index (κ1) is 43.1. The van der Waals surface area contributed by atoms with E-state index in [1.807, 2.05) is 48.5 Å². The lowest BCUT2D eigenvalue weighted by molar-refractivity contribution is -0.136. The molecule has 1 atom stereocenters. The monoisotopic (exact) mass is 854 g/mol. The van der Waals surface area contributed by atoms with Gasteiger partial charge in [0.25, 0.3) is 5.91 Å². The highest BCUT2D eigenvalue weighted by Crippen LogP contribution is 2.39. The van der Waals surface area contributed by atoms with E-state index in [0.717, 1.165) is 80.4 Å². The molecule has 3 amide bonds. The number of rotatable bonds is 18. The summed E-state index contributed by atoms with van der Waals surface area (Å²) in [5, 5.41) is 13.8. The highest BCUT2D eigenvalue weighted by molar-refractivity contribution is 7.70. The number of aryl methyl sites for hydroxylation is 1. The zero-order valence-electron chi connectivity index (χ0n) is 34.8. The molecule has 13 nitrogen and oxygen atoms in total. The third-order valence-electron chi connectivity index (χ3n) is 11.8. The van der Waals surface area contributed by atoms with Crippen LogP contribution in [0.1, 0.15) is 85.7 Å². The largest absolute Gasteiger partial charge is 0.494 e. The van der Waals surface area contributed by atoms with E-state index in [2.05, 4.69) is 48.3 Å². The topological polar surface area (TPSA) is 158 Å². The van der Waals surface area contributed by atoms with Crippen LogP contribution in [0, 0.1) is 0 Å². The fraction of sp³-hybridized carbons (Fsp3) is 0.444. The normalized spacial score (nSPS) is 17.1. The third-order valence-corrected chi connectivity index (χ3v) is 13.6. The Balaban J connectivity index is 0.797. The quantitative estimate of drug-likeness (QED) is 0.0440. The SMILES string of the molecule is COc1cc(N2CCC(NCCCCCCCCc3cccc4c3CN(C3CCC(=O)NC3=O)C4=O)CC2)ccc1Nc1ncc(Cl)c(Nc2ccccc2P(C)(C)=O)n1. The van der Waals surface area contributed by atoms with Gasteiger partial charge in [-0.1, -0.05) is 61.5 Å². The van der Waals surface area contributed by atoms with E-state index in [1.165, 1.54) is 31.0 Å². The Kier molecular flexibility index (Phi) is 14.1. The minimum Gasteiger partial charge on any atom is -0.494 e. The molecule has 4 aromatic rings. The molecule has 2 fully saturated rings. The van der Waals surface area contributed by atoms with Gasteiger partial charge in [0.15, 0.2) is 5.82 Å². The Hall–Kier alpha value is -4.97. The molecule has 4 heterocycles. The molecule has 0 radical (unpaired) electrons. The van der Waals surface area contributed by atoms with Gasteiger partial charge in [-0.2, -0.15) is 4.98 Å². The van der Waals surface area contributed by atoms with Gasteiger partial charge in [-0.05, 0) is 99.9 Å². The first-order chi connectivity index (χ1) is 29.0. The zero-order chi connectivity index (χ0) is 42.2. The summed E-state index contributed by atoms with van der Waals surface area (Å²) in [7, 11) is -0.885. The second kappa shape index (κ2) is 19.6. The first-order valence-electron chi connectivity index (χ1n) is 21.1. The van der Waals surface area contributed by atoms with Gasteiger partial charge in [0.05, 0.1) is 24.7 Å². The lowest BCUT2D eigenvalue weighted by Gasteiger charge is -2.34. The summed E-state index contributed by atoms with van der Waals surface area (Å²) in [5.74, 6) is 0.694. The number of para-hydroxylation sites is 1. The molecule has 7 rings (SSSR count). The molecule has 0 spiro atoms. The first-order valence-corrected chi connectivity index (χ1v) is 24.1. The highest BCUT2D eigenvalue weighted by Gasteiger charge is 2.39. The number of carbonyl (C=O) groups is 3. The summed E-state index contributed by atoms with van der Waals surface area (Å²) in [4.78, 5) is 50.2. The molecule has 318 valence electrons. The van der Waals surface area contributed by atoms with E-state index >= 15 is 0 Å². The number of benzene rings is 3. The Morgan fingerprint density at radius 1 is 0.900 bits per heavy atom. The maximum atomic E-state index is 13.1. The van der Waals surface area contributed by atoms with Crippen LogP contribution in [-0.2, 0) is 27.1 Å². The van der Waals surface area contributed by atoms with E-state index < -0.39 is 13.2 Å². The molecule has 1 unspecified atom stereocenters. The minimum absolute atomic E-state index is 0.108. The van der Waals surface area contributed by atoms with E-state index in [0.29, 0.717) is 52.8 Å². The number of hydrogen-bond acceptors (Lipinski definition) is 11. The van der Waals surface area contributed by atoms with Crippen molar-refractivity contribution in [3.63, 3.8) is 0 Å². The Bertz CT molecular complexity index is 2240. The third kappa shape index (κ3) is 10.5. The van der Waals surface area contributed by atoms with Crippen LogP contribution in [-0.4, -0.2) is 84.7 Å². The van der Waals surface area contributed by atoms with Crippen molar-refractivity contribution >= 4 is 70.6 Å². The van der Waals surface area contributed by atoms with Gasteiger partial charge in [-0.3, -0.25) is 19.7 Å². The van der Waals surface area contributed by atoms with Crippen molar-refractivity contribution in [3.8, 4) is 5.75 Å². The lowest BCUT2D eigenvalue weighted by Crippen LogP contribution is -2.52. The Labute approximate surface area is 357 Å². The van der Waals surface area contributed by atoms with Crippen molar-refractivity contribution in [2.75, 3.05) is 55.6 Å². The van der Waals surface area contributed by atoms with Crippen molar-refractivity contribution in [3.05, 3.63) is 88.6 Å². The highest BCUT2D eigenvalue weighted by atomic mass is 35.5. The maximum Gasteiger partial charge on any atom is 0.255 e. The molecular formula is C45H56ClN8O5P. The summed E-state index contributed by atoms with van der Waals surface area (Å²) in [6.45, 7) is 6.86. The van der Waals surface area contributed by atoms with Crippen LogP contribution >= 0.6 is 18.7 Å². The molecule has 3 aliphatic heterocycles. The lowest BCUT2D eigenvalue weighted by atomic mass is 9.98. The average molecular weight is 855 g/mol. The summed E-state index contributed by atoms with van der Waals surface area (Å²) in [5.41, 5.74) is 5.45. The van der Waals surface area contributed by atoms with Crippen LogP contribution in [0.15, 0.2) is 66.9 Å². The van der Waals surface area contributed by atoms with Crippen LogP contribution in [0.25, 0.3) is 0 Å². The molecule has 0 bridgehead atoms. The van der Waals surface area contributed by atoms with Crippen LogP contribution in [0.3, 0.4) is 0 Å². The van der Waals surface area contributed by atoms with E-state index in [-0.39, 0.29) is 24.1 Å². The number of nitrogens with zero attached hydrogens (tertiary/aromatic N) is 4. The minimum atomic E-state index is -2.54. The van der Waals surface area contributed by atoms with Gasteiger partial charge in [-0.15, -0.1) is 0 Å². The number of anilines is 5. The fourth-order valence-corrected chi connectivity index (χ4v) is 9.77. The summed E-state index contributed by atoms with van der Waals surface area (Å²) < 4.78 is 18.7. The summed E-state index contributed by atoms with van der Waals surface area (Å²) in [6.07, 6.45) is 12.2. The van der Waals surface area contributed by atoms with Crippen molar-refractivity contribution in [1.29, 1.82) is 0 Å². The zero-order valence-corrected chi connectivity index (χ0v) is 36.4. The smallest absolute Gasteiger partial charge is 0.255 e. The predicted molar refractivity (Wildman–Crippen MR) is 239 cm³/mol. The Morgan fingerprint density at radius 2 is 1.67 bits per heavy atom. The predicted octanol–water partition coefficient (Wildman–Crippen LogP) is 7.78. The maximum absolute atomic E-state index is 13.1. The molecule has 15 heteroatoms. The molecule has 1 aromatic heterocycles. The molecule has 3 aromatic carbocycles. The number of hydrogen-bond donors (Lipinski definition) is 4. The van der Waals surface area contributed by atoms with Gasteiger partial charge in [0.1, 0.15) is 24.0 Å². The number of amides is 3. The number of piperidine rings is 2. The fourth-order valence-electron chi connectivity index (χ4n) is 8.47.